The highest BCUT2D eigenvalue weighted by Gasteiger charge is 2.37. The number of urea groups is 1. The molecule has 0 spiro atoms. The van der Waals surface area contributed by atoms with Gasteiger partial charge in [-0.15, -0.1) is 0 Å². The van der Waals surface area contributed by atoms with Gasteiger partial charge < -0.3 is 10.2 Å². The van der Waals surface area contributed by atoms with Crippen molar-refractivity contribution in [3.63, 3.8) is 0 Å². The molecule has 2 aromatic carbocycles. The average molecular weight is 416 g/mol. The number of hydrogen-bond donors (Lipinski definition) is 1. The molecule has 1 atom stereocenters. The number of carbonyl (C=O) groups excluding carboxylic acids is 2. The monoisotopic (exact) mass is 415 g/mol. The fourth-order valence-corrected chi connectivity index (χ4v) is 3.63. The van der Waals surface area contributed by atoms with Crippen LogP contribution < -0.4 is 10.2 Å². The van der Waals surface area contributed by atoms with E-state index in [1.54, 1.807) is 48.2 Å². The molecule has 1 aliphatic heterocycles. The summed E-state index contributed by atoms with van der Waals surface area (Å²) in [4.78, 5) is 29.5. The van der Waals surface area contributed by atoms with Crippen LogP contribution in [0.1, 0.15) is 32.4 Å². The van der Waals surface area contributed by atoms with Crippen LogP contribution in [-0.2, 0) is 4.79 Å². The number of carbonyl (C=O) groups is 2. The van der Waals surface area contributed by atoms with Crippen LogP contribution in [0.3, 0.4) is 0 Å². The number of hydrogen-bond acceptors (Lipinski definition) is 2. The summed E-state index contributed by atoms with van der Waals surface area (Å²) >= 11 is 5.98. The molecule has 1 unspecified atom stereocenters. The second kappa shape index (κ2) is 8.66. The van der Waals surface area contributed by atoms with Gasteiger partial charge in [-0.05, 0) is 62.7 Å². The molecule has 0 radical (unpaired) electrons. The van der Waals surface area contributed by atoms with Crippen LogP contribution in [0.25, 0.3) is 0 Å². The zero-order valence-electron chi connectivity index (χ0n) is 16.6. The van der Waals surface area contributed by atoms with Gasteiger partial charge >= 0.3 is 6.03 Å². The minimum Gasteiger partial charge on any atom is -0.339 e. The van der Waals surface area contributed by atoms with E-state index in [2.05, 4.69) is 5.32 Å². The quantitative estimate of drug-likeness (QED) is 0.755. The molecule has 1 aliphatic rings. The van der Waals surface area contributed by atoms with Crippen molar-refractivity contribution in [2.24, 2.45) is 0 Å². The first-order chi connectivity index (χ1) is 13.9. The number of rotatable bonds is 5. The van der Waals surface area contributed by atoms with Gasteiger partial charge in [0.2, 0.25) is 0 Å². The zero-order valence-corrected chi connectivity index (χ0v) is 17.3. The summed E-state index contributed by atoms with van der Waals surface area (Å²) in [5.74, 6) is -0.545. The maximum absolute atomic E-state index is 13.4. The molecule has 0 saturated heterocycles. The molecule has 0 aromatic heterocycles. The van der Waals surface area contributed by atoms with Crippen molar-refractivity contribution in [2.75, 3.05) is 18.0 Å². The van der Waals surface area contributed by atoms with E-state index in [9.17, 15) is 14.0 Å². The number of nitrogens with zero attached hydrogens (tertiary/aromatic N) is 2. The van der Waals surface area contributed by atoms with Crippen molar-refractivity contribution in [2.45, 2.75) is 26.8 Å². The number of amides is 3. The molecule has 7 heteroatoms. The molecular weight excluding hydrogens is 393 g/mol. The molecule has 152 valence electrons. The van der Waals surface area contributed by atoms with Crippen LogP contribution >= 0.6 is 11.6 Å². The third kappa shape index (κ3) is 4.12. The topological polar surface area (TPSA) is 52.7 Å². The lowest BCUT2D eigenvalue weighted by Crippen LogP contribution is -2.50. The van der Waals surface area contributed by atoms with E-state index in [1.165, 1.54) is 17.0 Å². The molecule has 2 aromatic rings. The van der Waals surface area contributed by atoms with Crippen LogP contribution in [0.5, 0.6) is 0 Å². The Morgan fingerprint density at radius 3 is 2.24 bits per heavy atom. The van der Waals surface area contributed by atoms with E-state index in [1.807, 2.05) is 13.8 Å². The van der Waals surface area contributed by atoms with Crippen molar-refractivity contribution in [1.29, 1.82) is 0 Å². The van der Waals surface area contributed by atoms with Crippen LogP contribution in [0.4, 0.5) is 14.9 Å². The smallest absolute Gasteiger partial charge is 0.326 e. The highest BCUT2D eigenvalue weighted by molar-refractivity contribution is 6.30. The lowest BCUT2D eigenvalue weighted by molar-refractivity contribution is -0.127. The Bertz CT molecular complexity index is 938. The van der Waals surface area contributed by atoms with Gasteiger partial charge in [-0.2, -0.15) is 0 Å². The van der Waals surface area contributed by atoms with Crippen molar-refractivity contribution >= 4 is 29.2 Å². The third-order valence-electron chi connectivity index (χ3n) is 5.05. The Labute approximate surface area is 174 Å². The van der Waals surface area contributed by atoms with E-state index in [0.717, 1.165) is 0 Å². The highest BCUT2D eigenvalue weighted by Crippen LogP contribution is 2.34. The largest absolute Gasteiger partial charge is 0.339 e. The first-order valence-electron chi connectivity index (χ1n) is 9.49. The summed E-state index contributed by atoms with van der Waals surface area (Å²) in [6.45, 7) is 6.64. The first-order valence-corrected chi connectivity index (χ1v) is 9.86. The van der Waals surface area contributed by atoms with Crippen LogP contribution in [-0.4, -0.2) is 29.9 Å². The standard InChI is InChI=1S/C22H23ClFN3O2/c1-4-26(5-2)21(28)19-14(3)27(18-12-8-16(23)9-13-18)22(29)25-20(19)15-6-10-17(24)11-7-15/h6-13,20H,4-5H2,1-3H3,(H,25,29). The predicted molar refractivity (Wildman–Crippen MR) is 112 cm³/mol. The van der Waals surface area contributed by atoms with E-state index >= 15 is 0 Å². The summed E-state index contributed by atoms with van der Waals surface area (Å²) in [5.41, 5.74) is 2.23. The molecule has 3 rings (SSSR count). The Hall–Kier alpha value is -2.86. The fourth-order valence-electron chi connectivity index (χ4n) is 3.51. The normalized spacial score (nSPS) is 16.7. The van der Waals surface area contributed by atoms with E-state index in [4.69, 9.17) is 11.6 Å². The number of benzene rings is 2. The van der Waals surface area contributed by atoms with Gasteiger partial charge in [0.15, 0.2) is 0 Å². The molecule has 0 bridgehead atoms. The van der Waals surface area contributed by atoms with E-state index in [-0.39, 0.29) is 17.8 Å². The van der Waals surface area contributed by atoms with Gasteiger partial charge in [-0.25, -0.2) is 9.18 Å². The number of anilines is 1. The second-order valence-electron chi connectivity index (χ2n) is 6.72. The Kier molecular flexibility index (Phi) is 6.23. The summed E-state index contributed by atoms with van der Waals surface area (Å²) in [5, 5.41) is 3.46. The van der Waals surface area contributed by atoms with Crippen molar-refractivity contribution in [1.82, 2.24) is 10.2 Å². The van der Waals surface area contributed by atoms with Crippen LogP contribution in [0, 0.1) is 5.82 Å². The van der Waals surface area contributed by atoms with Gasteiger partial charge in [-0.3, -0.25) is 9.69 Å². The third-order valence-corrected chi connectivity index (χ3v) is 5.31. The fraction of sp³-hybridized carbons (Fsp3) is 0.273. The lowest BCUT2D eigenvalue weighted by atomic mass is 9.93. The molecule has 1 N–H and O–H groups in total. The molecular formula is C22H23ClFN3O2. The van der Waals surface area contributed by atoms with Crippen molar-refractivity contribution in [3.05, 3.63) is 76.2 Å². The highest BCUT2D eigenvalue weighted by atomic mass is 35.5. The average Bonchev–Trinajstić information content (AvgIpc) is 2.70. The number of halogens is 2. The van der Waals surface area contributed by atoms with Crippen molar-refractivity contribution < 1.29 is 14.0 Å². The number of nitrogens with one attached hydrogen (secondary N) is 1. The molecule has 5 nitrogen and oxygen atoms in total. The van der Waals surface area contributed by atoms with Crippen molar-refractivity contribution in [3.8, 4) is 0 Å². The Balaban J connectivity index is 2.15. The summed E-state index contributed by atoms with van der Waals surface area (Å²) in [7, 11) is 0. The summed E-state index contributed by atoms with van der Waals surface area (Å²) < 4.78 is 13.4. The Morgan fingerprint density at radius 1 is 1.10 bits per heavy atom. The summed E-state index contributed by atoms with van der Waals surface area (Å²) in [6.07, 6.45) is 0. The molecule has 0 fully saturated rings. The molecule has 3 amide bonds. The first kappa shape index (κ1) is 20.9. The van der Waals surface area contributed by atoms with E-state index < -0.39 is 6.04 Å². The van der Waals surface area contributed by atoms with E-state index in [0.29, 0.717) is 40.6 Å². The maximum atomic E-state index is 13.4. The molecule has 29 heavy (non-hydrogen) atoms. The maximum Gasteiger partial charge on any atom is 0.326 e. The molecule has 1 heterocycles. The van der Waals surface area contributed by atoms with Crippen LogP contribution in [0.2, 0.25) is 5.02 Å². The number of allylic oxidation sites excluding steroid dienone is 1. The predicted octanol–water partition coefficient (Wildman–Crippen LogP) is 4.89. The lowest BCUT2D eigenvalue weighted by Gasteiger charge is -2.37. The summed E-state index contributed by atoms with van der Waals surface area (Å²) in [6, 6.07) is 11.6. The van der Waals surface area contributed by atoms with Gasteiger partial charge in [0.1, 0.15) is 5.82 Å². The zero-order chi connectivity index (χ0) is 21.1. The van der Waals surface area contributed by atoms with Crippen LogP contribution in [0.15, 0.2) is 59.8 Å². The molecule has 0 saturated carbocycles. The van der Waals surface area contributed by atoms with Gasteiger partial charge in [0, 0.05) is 23.8 Å². The van der Waals surface area contributed by atoms with Gasteiger partial charge in [0.25, 0.3) is 5.91 Å². The van der Waals surface area contributed by atoms with Gasteiger partial charge in [-0.1, -0.05) is 23.7 Å². The SMILES string of the molecule is CCN(CC)C(=O)C1=C(C)N(c2ccc(Cl)cc2)C(=O)NC1c1ccc(F)cc1. The Morgan fingerprint density at radius 2 is 1.69 bits per heavy atom. The molecule has 0 aliphatic carbocycles. The number of likely N-dealkylation sites (N-methyl/N-ethyl adjacent to an activating group) is 1. The minimum absolute atomic E-state index is 0.166. The minimum atomic E-state index is -0.667. The van der Waals surface area contributed by atoms with Gasteiger partial charge in [0.05, 0.1) is 17.3 Å². The second-order valence-corrected chi connectivity index (χ2v) is 7.16.